The third-order valence-corrected chi connectivity index (χ3v) is 4.70. The Morgan fingerprint density at radius 3 is 2.17 bits per heavy atom. The zero-order valence-corrected chi connectivity index (χ0v) is 13.5. The first-order valence-corrected chi connectivity index (χ1v) is 8.20. The van der Waals surface area contributed by atoms with Crippen LogP contribution in [0.4, 0.5) is 0 Å². The molecule has 3 aromatic rings. The number of benzene rings is 2. The van der Waals surface area contributed by atoms with Crippen LogP contribution in [0.1, 0.15) is 31.1 Å². The molecule has 0 saturated carbocycles. The molecule has 2 atom stereocenters. The van der Waals surface area contributed by atoms with Crippen LogP contribution in [0.5, 0.6) is 0 Å². The molecule has 1 aliphatic heterocycles. The third kappa shape index (κ3) is 2.29. The van der Waals surface area contributed by atoms with Gasteiger partial charge in [0.15, 0.2) is 0 Å². The van der Waals surface area contributed by atoms with Crippen molar-refractivity contribution in [3.63, 3.8) is 0 Å². The quantitative estimate of drug-likeness (QED) is 0.806. The van der Waals surface area contributed by atoms with Gasteiger partial charge in [-0.2, -0.15) is 0 Å². The maximum atomic E-state index is 12.9. The summed E-state index contributed by atoms with van der Waals surface area (Å²) in [5.74, 6) is 0. The molecule has 2 heterocycles. The normalized spacial score (nSPS) is 19.5. The van der Waals surface area contributed by atoms with Gasteiger partial charge in [0.25, 0.3) is 11.1 Å². The second-order valence-electron chi connectivity index (χ2n) is 6.31. The maximum Gasteiger partial charge on any atom is 0.274 e. The molecule has 0 saturated heterocycles. The van der Waals surface area contributed by atoms with Crippen molar-refractivity contribution < 1.29 is 0 Å². The van der Waals surface area contributed by atoms with Crippen LogP contribution in [0.25, 0.3) is 10.8 Å². The summed E-state index contributed by atoms with van der Waals surface area (Å²) < 4.78 is 3.20. The Balaban J connectivity index is 1.78. The number of nitrogens with zero attached hydrogens (tertiary/aromatic N) is 2. The molecule has 0 radical (unpaired) electrons. The highest BCUT2D eigenvalue weighted by Crippen LogP contribution is 2.25. The van der Waals surface area contributed by atoms with Crippen molar-refractivity contribution in [3.05, 3.63) is 80.9 Å². The number of nitrogens with one attached hydrogen (secondary N) is 1. The van der Waals surface area contributed by atoms with Gasteiger partial charge in [0.05, 0.1) is 16.8 Å². The second-order valence-corrected chi connectivity index (χ2v) is 6.31. The van der Waals surface area contributed by atoms with Gasteiger partial charge in [-0.1, -0.05) is 42.5 Å². The molecule has 24 heavy (non-hydrogen) atoms. The van der Waals surface area contributed by atoms with Crippen LogP contribution in [0, 0.1) is 0 Å². The van der Waals surface area contributed by atoms with Gasteiger partial charge in [-0.25, -0.2) is 9.36 Å². The van der Waals surface area contributed by atoms with Crippen molar-refractivity contribution in [2.24, 2.45) is 0 Å². The first-order chi connectivity index (χ1) is 11.7. The number of hydrogen-bond acceptors (Lipinski definition) is 3. The van der Waals surface area contributed by atoms with Crippen molar-refractivity contribution in [2.75, 3.05) is 0 Å². The number of rotatable bonds is 3. The van der Waals surface area contributed by atoms with E-state index in [2.05, 4.69) is 5.32 Å². The fourth-order valence-corrected chi connectivity index (χ4v) is 3.53. The van der Waals surface area contributed by atoms with Gasteiger partial charge in [-0.05, 0) is 24.6 Å². The molecule has 1 aliphatic rings. The lowest BCUT2D eigenvalue weighted by Gasteiger charge is -2.17. The molecule has 0 spiro atoms. The molecule has 1 aromatic heterocycles. The van der Waals surface area contributed by atoms with E-state index in [1.807, 2.05) is 37.3 Å². The molecule has 1 N–H and O–H groups in total. The first kappa shape index (κ1) is 14.9. The minimum absolute atomic E-state index is 0.0110. The number of hydrogen-bond donors (Lipinski definition) is 1. The zero-order valence-electron chi connectivity index (χ0n) is 13.5. The van der Waals surface area contributed by atoms with Crippen molar-refractivity contribution in [1.29, 1.82) is 0 Å². The fraction of sp³-hybridized carbons (Fsp3) is 0.263. The van der Waals surface area contributed by atoms with Gasteiger partial charge in [0.1, 0.15) is 6.17 Å². The van der Waals surface area contributed by atoms with Crippen LogP contribution in [-0.4, -0.2) is 9.36 Å². The lowest BCUT2D eigenvalue weighted by molar-refractivity contribution is 0.382. The zero-order chi connectivity index (χ0) is 16.7. The number of aromatic nitrogens is 2. The molecular weight excluding hydrogens is 302 g/mol. The largest absolute Gasteiger partial charge is 0.291 e. The van der Waals surface area contributed by atoms with Crippen LogP contribution in [0.15, 0.2) is 64.2 Å². The summed E-state index contributed by atoms with van der Waals surface area (Å²) in [6.07, 6.45) is 0.545. The highest BCUT2D eigenvalue weighted by atomic mass is 16.2. The molecule has 0 amide bonds. The van der Waals surface area contributed by atoms with Crippen LogP contribution in [0.3, 0.4) is 0 Å². The Morgan fingerprint density at radius 2 is 1.50 bits per heavy atom. The van der Waals surface area contributed by atoms with E-state index in [0.29, 0.717) is 17.3 Å². The summed E-state index contributed by atoms with van der Waals surface area (Å²) >= 11 is 0. The Bertz CT molecular complexity index is 1000. The molecule has 0 fully saturated rings. The summed E-state index contributed by atoms with van der Waals surface area (Å²) in [5, 5.41) is 4.40. The van der Waals surface area contributed by atoms with Crippen molar-refractivity contribution in [3.8, 4) is 0 Å². The SMILES string of the molecule is C[C@H]1C[C@H](NCc2ccccc2)n2c(=O)c3ccccc3c(=O)n21. The molecule has 4 rings (SSSR count). The van der Waals surface area contributed by atoms with Crippen LogP contribution < -0.4 is 16.4 Å². The van der Waals surface area contributed by atoms with Crippen LogP contribution in [0.2, 0.25) is 0 Å². The summed E-state index contributed by atoms with van der Waals surface area (Å²) in [6.45, 7) is 2.64. The Hall–Kier alpha value is -2.66. The predicted molar refractivity (Wildman–Crippen MR) is 94.1 cm³/mol. The van der Waals surface area contributed by atoms with E-state index in [4.69, 9.17) is 0 Å². The molecular formula is C19H19N3O2. The lowest BCUT2D eigenvalue weighted by Crippen LogP contribution is -2.39. The standard InChI is InChI=1S/C19H19N3O2/c1-13-11-17(20-12-14-7-3-2-4-8-14)22-19(24)16-10-6-5-9-15(16)18(23)21(13)22/h2-10,13,17,20H,11-12H2,1H3/t13-,17+/m0/s1. The first-order valence-electron chi connectivity index (χ1n) is 8.20. The smallest absolute Gasteiger partial charge is 0.274 e. The van der Waals surface area contributed by atoms with Gasteiger partial charge < -0.3 is 0 Å². The average molecular weight is 321 g/mol. The maximum absolute atomic E-state index is 12.9. The van der Waals surface area contributed by atoms with E-state index >= 15 is 0 Å². The van der Waals surface area contributed by atoms with E-state index in [-0.39, 0.29) is 23.3 Å². The number of fused-ring (bicyclic) bond motifs is 2. The molecule has 0 bridgehead atoms. The highest BCUT2D eigenvalue weighted by Gasteiger charge is 2.30. The molecule has 0 aliphatic carbocycles. The third-order valence-electron chi connectivity index (χ3n) is 4.70. The van der Waals surface area contributed by atoms with Crippen molar-refractivity contribution in [1.82, 2.24) is 14.7 Å². The van der Waals surface area contributed by atoms with E-state index in [1.165, 1.54) is 0 Å². The van der Waals surface area contributed by atoms with E-state index in [0.717, 1.165) is 12.0 Å². The van der Waals surface area contributed by atoms with Gasteiger partial charge in [0, 0.05) is 13.0 Å². The predicted octanol–water partition coefficient (Wildman–Crippen LogP) is 2.42. The minimum atomic E-state index is -0.176. The second kappa shape index (κ2) is 5.76. The molecule has 5 heteroatoms. The monoisotopic (exact) mass is 321 g/mol. The van der Waals surface area contributed by atoms with Crippen LogP contribution >= 0.6 is 0 Å². The van der Waals surface area contributed by atoms with Crippen molar-refractivity contribution >= 4 is 10.8 Å². The fourth-order valence-electron chi connectivity index (χ4n) is 3.53. The summed E-state index contributed by atoms with van der Waals surface area (Å²) in [4.78, 5) is 25.7. The average Bonchev–Trinajstić information content (AvgIpc) is 2.95. The molecule has 5 nitrogen and oxygen atoms in total. The highest BCUT2D eigenvalue weighted by molar-refractivity contribution is 5.80. The Labute approximate surface area is 139 Å². The van der Waals surface area contributed by atoms with Gasteiger partial charge >= 0.3 is 0 Å². The van der Waals surface area contributed by atoms with E-state index in [9.17, 15) is 9.59 Å². The van der Waals surface area contributed by atoms with Crippen LogP contribution in [-0.2, 0) is 6.54 Å². The molecule has 0 unspecified atom stereocenters. The van der Waals surface area contributed by atoms with E-state index < -0.39 is 0 Å². The summed E-state index contributed by atoms with van der Waals surface area (Å²) in [7, 11) is 0. The van der Waals surface area contributed by atoms with Gasteiger partial charge in [-0.15, -0.1) is 0 Å². The minimum Gasteiger partial charge on any atom is -0.291 e. The lowest BCUT2D eigenvalue weighted by atomic mass is 10.2. The molecule has 122 valence electrons. The van der Waals surface area contributed by atoms with Gasteiger partial charge in [-0.3, -0.25) is 14.9 Å². The van der Waals surface area contributed by atoms with E-state index in [1.54, 1.807) is 33.6 Å². The van der Waals surface area contributed by atoms with Crippen molar-refractivity contribution in [2.45, 2.75) is 32.1 Å². The molecule has 2 aromatic carbocycles. The van der Waals surface area contributed by atoms with Gasteiger partial charge in [0.2, 0.25) is 0 Å². The Kier molecular flexibility index (Phi) is 3.58. The Morgan fingerprint density at radius 1 is 0.917 bits per heavy atom. The topological polar surface area (TPSA) is 56.0 Å². The summed E-state index contributed by atoms with van der Waals surface area (Å²) in [6, 6.07) is 17.1. The summed E-state index contributed by atoms with van der Waals surface area (Å²) in [5.41, 5.74) is 0.946.